The number of hydrogen-bond acceptors (Lipinski definition) is 4. The molecule has 0 radical (unpaired) electrons. The molecular weight excluding hydrogens is 252 g/mol. The molecule has 2 rings (SSSR count). The van der Waals surface area contributed by atoms with Gasteiger partial charge in [0, 0.05) is 12.4 Å². The number of aromatic nitrogens is 1. The second-order valence-corrected chi connectivity index (χ2v) is 4.02. The van der Waals surface area contributed by atoms with Gasteiger partial charge in [-0.25, -0.2) is 4.79 Å². The Labute approximate surface area is 117 Å². The van der Waals surface area contributed by atoms with Crippen molar-refractivity contribution in [3.63, 3.8) is 0 Å². The topological polar surface area (TPSA) is 63.0 Å². The smallest absolute Gasteiger partial charge is 0.338 e. The van der Waals surface area contributed by atoms with E-state index in [4.69, 9.17) is 10.00 Å². The van der Waals surface area contributed by atoms with E-state index in [1.807, 2.05) is 0 Å². The number of pyridine rings is 1. The first kappa shape index (κ1) is 13.5. The van der Waals surface area contributed by atoms with Crippen molar-refractivity contribution in [2.75, 3.05) is 7.11 Å². The molecule has 0 fully saturated rings. The lowest BCUT2D eigenvalue weighted by Gasteiger charge is -2.05. The van der Waals surface area contributed by atoms with Crippen LogP contribution in [-0.4, -0.2) is 18.1 Å². The first-order chi connectivity index (χ1) is 9.74. The Hall–Kier alpha value is -2.93. The van der Waals surface area contributed by atoms with E-state index in [0.717, 1.165) is 11.1 Å². The molecule has 2 aromatic rings. The lowest BCUT2D eigenvalue weighted by molar-refractivity contribution is -0.133. The maximum atomic E-state index is 11.9. The minimum atomic E-state index is -0.416. The summed E-state index contributed by atoms with van der Waals surface area (Å²) in [5, 5.41) is 8.77. The Balaban J connectivity index is 2.43. The summed E-state index contributed by atoms with van der Waals surface area (Å²) in [7, 11) is 1.34. The van der Waals surface area contributed by atoms with Gasteiger partial charge in [-0.1, -0.05) is 12.1 Å². The van der Waals surface area contributed by atoms with Crippen LogP contribution in [0.25, 0.3) is 11.6 Å². The first-order valence-corrected chi connectivity index (χ1v) is 5.95. The molecule has 0 N–H and O–H groups in total. The van der Waals surface area contributed by atoms with Crippen molar-refractivity contribution in [3.05, 3.63) is 65.5 Å². The van der Waals surface area contributed by atoms with Gasteiger partial charge in [0.15, 0.2) is 0 Å². The molecule has 98 valence electrons. The molecule has 0 amide bonds. The Morgan fingerprint density at radius 2 is 1.85 bits per heavy atom. The van der Waals surface area contributed by atoms with Crippen LogP contribution in [-0.2, 0) is 9.53 Å². The standard InChI is InChI=1S/C16H12N2O2/c1-20-16(19)15(14-6-8-18-9-7-14)10-12-2-4-13(11-17)5-3-12/h2-10H,1H3. The number of hydrogen-bond donors (Lipinski definition) is 0. The van der Waals surface area contributed by atoms with Gasteiger partial charge in [0.1, 0.15) is 0 Å². The number of nitriles is 1. The van der Waals surface area contributed by atoms with Gasteiger partial charge in [0.25, 0.3) is 0 Å². The number of ether oxygens (including phenoxy) is 1. The zero-order valence-corrected chi connectivity index (χ0v) is 10.9. The zero-order chi connectivity index (χ0) is 14.4. The van der Waals surface area contributed by atoms with E-state index >= 15 is 0 Å². The number of methoxy groups -OCH3 is 1. The van der Waals surface area contributed by atoms with Gasteiger partial charge in [-0.3, -0.25) is 4.98 Å². The summed E-state index contributed by atoms with van der Waals surface area (Å²) in [6, 6.07) is 12.5. The Bertz CT molecular complexity index is 668. The number of esters is 1. The minimum absolute atomic E-state index is 0.416. The normalized spacial score (nSPS) is 10.7. The van der Waals surface area contributed by atoms with Crippen molar-refractivity contribution in [1.82, 2.24) is 4.98 Å². The van der Waals surface area contributed by atoms with E-state index in [0.29, 0.717) is 11.1 Å². The van der Waals surface area contributed by atoms with Crippen LogP contribution in [0.2, 0.25) is 0 Å². The molecule has 0 saturated carbocycles. The van der Waals surface area contributed by atoms with Crippen LogP contribution in [0.5, 0.6) is 0 Å². The lowest BCUT2D eigenvalue weighted by atomic mass is 10.0. The molecule has 4 nitrogen and oxygen atoms in total. The molecule has 1 heterocycles. The molecular formula is C16H12N2O2. The predicted molar refractivity (Wildman–Crippen MR) is 75.3 cm³/mol. The third kappa shape index (κ3) is 3.09. The lowest BCUT2D eigenvalue weighted by Crippen LogP contribution is -2.03. The third-order valence-corrected chi connectivity index (χ3v) is 2.75. The van der Waals surface area contributed by atoms with Crippen LogP contribution < -0.4 is 0 Å². The van der Waals surface area contributed by atoms with Crippen molar-refractivity contribution in [3.8, 4) is 6.07 Å². The molecule has 1 aromatic carbocycles. The Morgan fingerprint density at radius 3 is 2.40 bits per heavy atom. The predicted octanol–water partition coefficient (Wildman–Crippen LogP) is 2.67. The average Bonchev–Trinajstić information content (AvgIpc) is 2.53. The van der Waals surface area contributed by atoms with Crippen LogP contribution in [0.3, 0.4) is 0 Å². The SMILES string of the molecule is COC(=O)C(=Cc1ccc(C#N)cc1)c1ccncc1. The van der Waals surface area contributed by atoms with Crippen LogP contribution >= 0.6 is 0 Å². The van der Waals surface area contributed by atoms with Gasteiger partial charge in [-0.15, -0.1) is 0 Å². The summed E-state index contributed by atoms with van der Waals surface area (Å²) in [6.07, 6.45) is 4.96. The molecule has 0 aliphatic rings. The highest BCUT2D eigenvalue weighted by atomic mass is 16.5. The van der Waals surface area contributed by atoms with Gasteiger partial charge in [0.2, 0.25) is 0 Å². The van der Waals surface area contributed by atoms with E-state index in [1.165, 1.54) is 7.11 Å². The van der Waals surface area contributed by atoms with E-state index in [1.54, 1.807) is 54.9 Å². The summed E-state index contributed by atoms with van der Waals surface area (Å²) in [6.45, 7) is 0. The minimum Gasteiger partial charge on any atom is -0.465 e. The van der Waals surface area contributed by atoms with E-state index in [2.05, 4.69) is 11.1 Å². The fraction of sp³-hybridized carbons (Fsp3) is 0.0625. The number of benzene rings is 1. The highest BCUT2D eigenvalue weighted by molar-refractivity contribution is 6.21. The summed E-state index contributed by atoms with van der Waals surface area (Å²) < 4.78 is 4.80. The largest absolute Gasteiger partial charge is 0.465 e. The molecule has 1 aromatic heterocycles. The second kappa shape index (κ2) is 6.30. The Kier molecular flexibility index (Phi) is 4.25. The number of rotatable bonds is 3. The van der Waals surface area contributed by atoms with Crippen molar-refractivity contribution >= 4 is 17.6 Å². The van der Waals surface area contributed by atoms with Gasteiger partial charge in [-0.05, 0) is 41.5 Å². The molecule has 4 heteroatoms. The van der Waals surface area contributed by atoms with Crippen molar-refractivity contribution in [1.29, 1.82) is 5.26 Å². The highest BCUT2D eigenvalue weighted by Crippen LogP contribution is 2.19. The molecule has 0 unspecified atom stereocenters. The molecule has 0 spiro atoms. The summed E-state index contributed by atoms with van der Waals surface area (Å²) in [4.78, 5) is 15.8. The van der Waals surface area contributed by atoms with Gasteiger partial charge >= 0.3 is 5.97 Å². The maximum absolute atomic E-state index is 11.9. The summed E-state index contributed by atoms with van der Waals surface area (Å²) in [5.41, 5.74) is 2.57. The highest BCUT2D eigenvalue weighted by Gasteiger charge is 2.12. The fourth-order valence-corrected chi connectivity index (χ4v) is 1.72. The first-order valence-electron chi connectivity index (χ1n) is 5.95. The number of carbonyl (C=O) groups is 1. The summed E-state index contributed by atoms with van der Waals surface area (Å²) >= 11 is 0. The second-order valence-electron chi connectivity index (χ2n) is 4.02. The van der Waals surface area contributed by atoms with Crippen LogP contribution in [0, 0.1) is 11.3 Å². The van der Waals surface area contributed by atoms with E-state index < -0.39 is 5.97 Å². The van der Waals surface area contributed by atoms with E-state index in [-0.39, 0.29) is 0 Å². The fourth-order valence-electron chi connectivity index (χ4n) is 1.72. The molecule has 0 saturated heterocycles. The summed E-state index contributed by atoms with van der Waals surface area (Å²) in [5.74, 6) is -0.416. The Morgan fingerprint density at radius 1 is 1.20 bits per heavy atom. The number of nitrogens with zero attached hydrogens (tertiary/aromatic N) is 2. The van der Waals surface area contributed by atoms with Crippen LogP contribution in [0.4, 0.5) is 0 Å². The van der Waals surface area contributed by atoms with Gasteiger partial charge < -0.3 is 4.74 Å². The van der Waals surface area contributed by atoms with Crippen molar-refractivity contribution < 1.29 is 9.53 Å². The molecule has 0 aliphatic heterocycles. The maximum Gasteiger partial charge on any atom is 0.338 e. The van der Waals surface area contributed by atoms with Gasteiger partial charge in [0.05, 0.1) is 24.3 Å². The molecule has 0 bridgehead atoms. The quantitative estimate of drug-likeness (QED) is 0.631. The van der Waals surface area contributed by atoms with Crippen LogP contribution in [0.1, 0.15) is 16.7 Å². The average molecular weight is 264 g/mol. The van der Waals surface area contributed by atoms with Crippen LogP contribution in [0.15, 0.2) is 48.8 Å². The molecule has 0 atom stereocenters. The van der Waals surface area contributed by atoms with E-state index in [9.17, 15) is 4.79 Å². The monoisotopic (exact) mass is 264 g/mol. The zero-order valence-electron chi connectivity index (χ0n) is 10.9. The van der Waals surface area contributed by atoms with Crippen molar-refractivity contribution in [2.45, 2.75) is 0 Å². The van der Waals surface area contributed by atoms with Crippen molar-refractivity contribution in [2.24, 2.45) is 0 Å². The van der Waals surface area contributed by atoms with Gasteiger partial charge in [-0.2, -0.15) is 5.26 Å². The molecule has 0 aliphatic carbocycles. The molecule has 20 heavy (non-hydrogen) atoms. The number of carbonyl (C=O) groups excluding carboxylic acids is 1. The third-order valence-electron chi connectivity index (χ3n) is 2.75.